The Morgan fingerprint density at radius 3 is 2.64 bits per heavy atom. The number of hydrogen-bond acceptors (Lipinski definition) is 6. The molecule has 0 spiro atoms. The molecule has 0 aromatic heterocycles. The van der Waals surface area contributed by atoms with Gasteiger partial charge in [-0.2, -0.15) is 0 Å². The lowest BCUT2D eigenvalue weighted by Crippen LogP contribution is -2.54. The minimum absolute atomic E-state index is 0.0594. The molecule has 2 N–H and O–H groups in total. The third-order valence-electron chi connectivity index (χ3n) is 6.88. The van der Waals surface area contributed by atoms with Crippen molar-refractivity contribution < 1.29 is 24.0 Å². The summed E-state index contributed by atoms with van der Waals surface area (Å²) in [6.07, 6.45) is 7.01. The van der Waals surface area contributed by atoms with E-state index in [0.717, 1.165) is 11.3 Å². The molecule has 5 amide bonds. The summed E-state index contributed by atoms with van der Waals surface area (Å²) in [5.41, 5.74) is 2.30. The molecule has 36 heavy (non-hydrogen) atoms. The molecule has 0 aliphatic carbocycles. The standard InChI is InChI=1S/C27H24N4O5/c1-2-16-6-3-8-18(14-16)28-24(33)17-7-5-13-30(15-17)20-10-4-9-19-23(20)27(36)31(26(19)35)21-11-12-22(32)29-25(21)34/h1,3-4,6,8-10,14,17,21H,5,7,11-13,15H2,(H,28,33)(H,29,32,34). The zero-order chi connectivity index (χ0) is 25.4. The minimum Gasteiger partial charge on any atom is -0.370 e. The molecule has 3 aliphatic rings. The number of terminal acetylenes is 1. The second-order valence-electron chi connectivity index (χ2n) is 9.15. The van der Waals surface area contributed by atoms with Crippen LogP contribution < -0.4 is 15.5 Å². The Morgan fingerprint density at radius 2 is 1.86 bits per heavy atom. The lowest BCUT2D eigenvalue weighted by atomic mass is 9.95. The zero-order valence-corrected chi connectivity index (χ0v) is 19.5. The summed E-state index contributed by atoms with van der Waals surface area (Å²) in [6.45, 7) is 0.990. The Bertz CT molecular complexity index is 1340. The third kappa shape index (κ3) is 4.11. The van der Waals surface area contributed by atoms with E-state index in [1.54, 1.807) is 42.5 Å². The molecule has 2 unspecified atom stereocenters. The zero-order valence-electron chi connectivity index (χ0n) is 19.5. The molecule has 9 heteroatoms. The summed E-state index contributed by atoms with van der Waals surface area (Å²) in [6, 6.07) is 11.1. The van der Waals surface area contributed by atoms with Crippen molar-refractivity contribution in [1.29, 1.82) is 0 Å². The van der Waals surface area contributed by atoms with Gasteiger partial charge in [0.15, 0.2) is 0 Å². The van der Waals surface area contributed by atoms with Crippen LogP contribution in [0, 0.1) is 18.3 Å². The maximum Gasteiger partial charge on any atom is 0.264 e. The molecule has 0 bridgehead atoms. The summed E-state index contributed by atoms with van der Waals surface area (Å²) in [5, 5.41) is 5.13. The van der Waals surface area contributed by atoms with Crippen LogP contribution in [0.2, 0.25) is 0 Å². The van der Waals surface area contributed by atoms with E-state index in [0.29, 0.717) is 36.4 Å². The van der Waals surface area contributed by atoms with Crippen LogP contribution in [-0.4, -0.2) is 53.6 Å². The van der Waals surface area contributed by atoms with Gasteiger partial charge in [-0.25, -0.2) is 0 Å². The summed E-state index contributed by atoms with van der Waals surface area (Å²) in [5.74, 6) is -0.102. The number of fused-ring (bicyclic) bond motifs is 1. The van der Waals surface area contributed by atoms with Crippen LogP contribution in [0.4, 0.5) is 11.4 Å². The van der Waals surface area contributed by atoms with Crippen molar-refractivity contribution in [3.05, 3.63) is 59.2 Å². The SMILES string of the molecule is C#Cc1cccc(NC(=O)C2CCCN(c3cccc4c3C(=O)N(C3CCC(=O)NC3=O)C4=O)C2)c1. The normalized spacial score (nSPS) is 21.6. The van der Waals surface area contributed by atoms with Gasteiger partial charge < -0.3 is 10.2 Å². The van der Waals surface area contributed by atoms with Gasteiger partial charge in [0.2, 0.25) is 17.7 Å². The van der Waals surface area contributed by atoms with E-state index >= 15 is 0 Å². The van der Waals surface area contributed by atoms with Crippen LogP contribution in [0.3, 0.4) is 0 Å². The molecular formula is C27H24N4O5. The van der Waals surface area contributed by atoms with Gasteiger partial charge >= 0.3 is 0 Å². The molecule has 5 rings (SSSR count). The largest absolute Gasteiger partial charge is 0.370 e. The lowest BCUT2D eigenvalue weighted by molar-refractivity contribution is -0.136. The predicted molar refractivity (Wildman–Crippen MR) is 131 cm³/mol. The number of benzene rings is 2. The van der Waals surface area contributed by atoms with Gasteiger partial charge in [0.05, 0.1) is 22.7 Å². The maximum absolute atomic E-state index is 13.4. The average molecular weight is 485 g/mol. The molecule has 182 valence electrons. The fourth-order valence-corrected chi connectivity index (χ4v) is 5.10. The number of anilines is 2. The molecule has 2 aromatic carbocycles. The van der Waals surface area contributed by atoms with Gasteiger partial charge in [-0.15, -0.1) is 6.42 Å². The van der Waals surface area contributed by atoms with Crippen LogP contribution in [0.25, 0.3) is 0 Å². The molecule has 2 fully saturated rings. The van der Waals surface area contributed by atoms with E-state index in [2.05, 4.69) is 16.6 Å². The van der Waals surface area contributed by atoms with Crippen molar-refractivity contribution in [2.45, 2.75) is 31.7 Å². The van der Waals surface area contributed by atoms with Crippen molar-refractivity contribution in [2.24, 2.45) is 5.92 Å². The molecule has 2 atom stereocenters. The van der Waals surface area contributed by atoms with Crippen molar-refractivity contribution in [3.63, 3.8) is 0 Å². The molecule has 2 saturated heterocycles. The molecule has 2 aromatic rings. The van der Waals surface area contributed by atoms with E-state index < -0.39 is 29.7 Å². The van der Waals surface area contributed by atoms with Gasteiger partial charge in [-0.3, -0.25) is 34.2 Å². The van der Waals surface area contributed by atoms with Gasteiger partial charge in [-0.1, -0.05) is 18.1 Å². The van der Waals surface area contributed by atoms with Crippen molar-refractivity contribution in [1.82, 2.24) is 10.2 Å². The number of nitrogens with zero attached hydrogens (tertiary/aromatic N) is 2. The van der Waals surface area contributed by atoms with Crippen LogP contribution in [0.15, 0.2) is 42.5 Å². The highest BCUT2D eigenvalue weighted by atomic mass is 16.2. The topological polar surface area (TPSA) is 116 Å². The number of amides is 5. The highest BCUT2D eigenvalue weighted by molar-refractivity contribution is 6.25. The Kier molecular flexibility index (Phi) is 6.02. The number of carbonyl (C=O) groups is 5. The van der Waals surface area contributed by atoms with E-state index in [9.17, 15) is 24.0 Å². The molecular weight excluding hydrogens is 460 g/mol. The first kappa shape index (κ1) is 23.3. The molecule has 3 heterocycles. The Labute approximate surface area is 207 Å². The van der Waals surface area contributed by atoms with Crippen molar-refractivity contribution in [2.75, 3.05) is 23.3 Å². The summed E-state index contributed by atoms with van der Waals surface area (Å²) in [7, 11) is 0. The number of piperidine rings is 2. The highest BCUT2D eigenvalue weighted by Crippen LogP contribution is 2.36. The van der Waals surface area contributed by atoms with Crippen molar-refractivity contribution in [3.8, 4) is 12.3 Å². The number of hydrogen-bond donors (Lipinski definition) is 2. The van der Waals surface area contributed by atoms with Gasteiger partial charge in [-0.05, 0) is 49.6 Å². The smallest absolute Gasteiger partial charge is 0.264 e. The first-order valence-corrected chi connectivity index (χ1v) is 11.8. The van der Waals surface area contributed by atoms with Gasteiger partial charge in [0, 0.05) is 30.8 Å². The van der Waals surface area contributed by atoms with Crippen molar-refractivity contribution >= 4 is 40.9 Å². The van der Waals surface area contributed by atoms with Crippen LogP contribution in [-0.2, 0) is 14.4 Å². The van der Waals surface area contributed by atoms with E-state index in [1.165, 1.54) is 0 Å². The predicted octanol–water partition coefficient (Wildman–Crippen LogP) is 1.92. The summed E-state index contributed by atoms with van der Waals surface area (Å²) in [4.78, 5) is 66.4. The van der Waals surface area contributed by atoms with Crippen LogP contribution >= 0.6 is 0 Å². The number of carbonyl (C=O) groups excluding carboxylic acids is 5. The van der Waals surface area contributed by atoms with E-state index in [4.69, 9.17) is 6.42 Å². The second-order valence-corrected chi connectivity index (χ2v) is 9.15. The Morgan fingerprint density at radius 1 is 1.06 bits per heavy atom. The first-order chi connectivity index (χ1) is 17.4. The number of nitrogens with one attached hydrogen (secondary N) is 2. The van der Waals surface area contributed by atoms with E-state index in [-0.39, 0.29) is 35.8 Å². The third-order valence-corrected chi connectivity index (χ3v) is 6.88. The lowest BCUT2D eigenvalue weighted by Gasteiger charge is -2.34. The molecule has 3 aliphatic heterocycles. The number of rotatable bonds is 4. The fraction of sp³-hybridized carbons (Fsp3) is 0.296. The molecule has 0 radical (unpaired) electrons. The monoisotopic (exact) mass is 484 g/mol. The maximum atomic E-state index is 13.4. The summed E-state index contributed by atoms with van der Waals surface area (Å²) < 4.78 is 0. The molecule has 0 saturated carbocycles. The second kappa shape index (κ2) is 9.30. The quantitative estimate of drug-likeness (QED) is 0.506. The molecule has 9 nitrogen and oxygen atoms in total. The summed E-state index contributed by atoms with van der Waals surface area (Å²) >= 11 is 0. The number of imide groups is 2. The van der Waals surface area contributed by atoms with Gasteiger partial charge in [0.1, 0.15) is 6.04 Å². The first-order valence-electron chi connectivity index (χ1n) is 11.8. The minimum atomic E-state index is -1.03. The Hall–Kier alpha value is -4.45. The van der Waals surface area contributed by atoms with Crippen LogP contribution in [0.1, 0.15) is 52.0 Å². The van der Waals surface area contributed by atoms with E-state index in [1.807, 2.05) is 4.90 Å². The Balaban J connectivity index is 1.37. The van der Waals surface area contributed by atoms with Gasteiger partial charge in [0.25, 0.3) is 11.8 Å². The fourth-order valence-electron chi connectivity index (χ4n) is 5.10. The highest BCUT2D eigenvalue weighted by Gasteiger charge is 2.46. The van der Waals surface area contributed by atoms with Crippen LogP contribution in [0.5, 0.6) is 0 Å². The average Bonchev–Trinajstić information content (AvgIpc) is 3.14.